The number of aliphatic carboxylic acids is 1. The van der Waals surface area contributed by atoms with Crippen molar-refractivity contribution in [3.63, 3.8) is 0 Å². The van der Waals surface area contributed by atoms with E-state index in [-0.39, 0.29) is 12.3 Å². The van der Waals surface area contributed by atoms with Gasteiger partial charge in [-0.3, -0.25) is 9.78 Å². The van der Waals surface area contributed by atoms with E-state index in [0.717, 1.165) is 36.0 Å². The first-order valence-corrected chi connectivity index (χ1v) is 12.2. The molecule has 35 heavy (non-hydrogen) atoms. The molecule has 2 aromatic carbocycles. The van der Waals surface area contributed by atoms with Crippen molar-refractivity contribution in [2.24, 2.45) is 11.8 Å². The number of likely N-dealkylation sites (tertiary alicyclic amines) is 1. The molecule has 184 valence electrons. The van der Waals surface area contributed by atoms with Crippen LogP contribution >= 0.6 is 0 Å². The molecule has 1 aromatic heterocycles. The van der Waals surface area contributed by atoms with Crippen LogP contribution in [0.25, 0.3) is 10.9 Å². The van der Waals surface area contributed by atoms with Crippen LogP contribution in [0.3, 0.4) is 0 Å². The molecule has 4 rings (SSSR count). The van der Waals surface area contributed by atoms with Crippen molar-refractivity contribution in [3.05, 3.63) is 83.7 Å². The van der Waals surface area contributed by atoms with E-state index in [1.807, 2.05) is 43.3 Å². The Morgan fingerprint density at radius 2 is 2.06 bits per heavy atom. The molecule has 0 radical (unpaired) electrons. The molecular formula is C29H33FN2O3. The van der Waals surface area contributed by atoms with Crippen LogP contribution in [-0.2, 0) is 11.2 Å². The zero-order valence-corrected chi connectivity index (χ0v) is 20.4. The topological polar surface area (TPSA) is 62.7 Å². The molecule has 0 bridgehead atoms. The highest BCUT2D eigenvalue weighted by Gasteiger charge is 2.35. The van der Waals surface area contributed by atoms with E-state index in [0.29, 0.717) is 24.3 Å². The summed E-state index contributed by atoms with van der Waals surface area (Å²) in [6.45, 7) is 3.24. The molecule has 2 heterocycles. The van der Waals surface area contributed by atoms with Crippen molar-refractivity contribution < 1.29 is 19.0 Å². The van der Waals surface area contributed by atoms with Gasteiger partial charge in [0.2, 0.25) is 0 Å². The van der Waals surface area contributed by atoms with Gasteiger partial charge in [0.15, 0.2) is 0 Å². The lowest BCUT2D eigenvalue weighted by molar-refractivity contribution is -0.145. The number of hydrogen-bond donors (Lipinski definition) is 1. The third-order valence-electron chi connectivity index (χ3n) is 7.15. The van der Waals surface area contributed by atoms with Crippen molar-refractivity contribution in [2.75, 3.05) is 20.2 Å². The lowest BCUT2D eigenvalue weighted by Crippen LogP contribution is -2.43. The van der Waals surface area contributed by atoms with E-state index in [9.17, 15) is 9.90 Å². The smallest absolute Gasteiger partial charge is 0.308 e. The number of nitrogens with zero attached hydrogens (tertiary/aromatic N) is 2. The van der Waals surface area contributed by atoms with Gasteiger partial charge in [0.1, 0.15) is 11.9 Å². The first kappa shape index (κ1) is 24.7. The summed E-state index contributed by atoms with van der Waals surface area (Å²) in [4.78, 5) is 18.7. The number of carboxylic acid groups (broad SMARTS) is 1. The van der Waals surface area contributed by atoms with Crippen LogP contribution in [0.4, 0.5) is 4.39 Å². The quantitative estimate of drug-likeness (QED) is 0.398. The van der Waals surface area contributed by atoms with E-state index >= 15 is 4.39 Å². The first-order chi connectivity index (χ1) is 17.0. The molecule has 1 aliphatic heterocycles. The molecule has 5 nitrogen and oxygen atoms in total. The summed E-state index contributed by atoms with van der Waals surface area (Å²) >= 11 is 0. The molecule has 3 aromatic rings. The second-order valence-electron chi connectivity index (χ2n) is 9.21. The molecule has 1 aliphatic rings. The molecule has 0 unspecified atom stereocenters. The van der Waals surface area contributed by atoms with Gasteiger partial charge in [-0.15, -0.1) is 0 Å². The van der Waals surface area contributed by atoms with E-state index < -0.39 is 18.1 Å². The van der Waals surface area contributed by atoms with Crippen LogP contribution in [0.5, 0.6) is 5.75 Å². The summed E-state index contributed by atoms with van der Waals surface area (Å²) in [5, 5.41) is 10.7. The third kappa shape index (κ3) is 5.81. The van der Waals surface area contributed by atoms with Crippen molar-refractivity contribution in [1.29, 1.82) is 0 Å². The highest BCUT2D eigenvalue weighted by molar-refractivity contribution is 5.83. The molecule has 1 saturated heterocycles. The molecule has 1 fully saturated rings. The average Bonchev–Trinajstić information content (AvgIpc) is 2.90. The fourth-order valence-corrected chi connectivity index (χ4v) is 5.15. The fourth-order valence-electron chi connectivity index (χ4n) is 5.15. The number of fused-ring (bicyclic) bond motifs is 1. The van der Waals surface area contributed by atoms with Crippen molar-refractivity contribution >= 4 is 16.9 Å². The van der Waals surface area contributed by atoms with Crippen LogP contribution in [0.1, 0.15) is 43.5 Å². The number of ether oxygens (including phenoxy) is 1. The van der Waals surface area contributed by atoms with Crippen molar-refractivity contribution in [3.8, 4) is 5.75 Å². The number of carbonyl (C=O) groups is 1. The standard InChI is InChI=1S/C29H33FN2O3/c1-3-22(17-20-7-5-4-6-8-20)32-16-14-21(26(19-32)29(33)34)9-11-27(30)24-13-15-31-28-12-10-23(35-2)18-25(24)28/h3-8,10,12-13,15,18,21,26-27H,9,11,14,16-17,19H2,1-2H3,(H,33,34)/t21-,26+,27+/m1/s1. The summed E-state index contributed by atoms with van der Waals surface area (Å²) in [5.41, 5.74) is 3.65. The maximum atomic E-state index is 15.5. The number of methoxy groups -OCH3 is 1. The second-order valence-corrected chi connectivity index (χ2v) is 9.21. The Morgan fingerprint density at radius 1 is 1.26 bits per heavy atom. The number of alkyl halides is 1. The number of aromatic nitrogens is 1. The highest BCUT2D eigenvalue weighted by atomic mass is 19.1. The van der Waals surface area contributed by atoms with Gasteiger partial charge < -0.3 is 14.7 Å². The van der Waals surface area contributed by atoms with Gasteiger partial charge in [-0.2, -0.15) is 0 Å². The SMILES string of the molecule is CC=C(Cc1ccccc1)N1CC[C@@H](CC[C@H](F)c2ccnc3ccc(OC)cc23)[C@@H](C(=O)O)C1. The monoisotopic (exact) mass is 476 g/mol. The van der Waals surface area contributed by atoms with Gasteiger partial charge in [-0.1, -0.05) is 36.4 Å². The molecule has 0 aliphatic carbocycles. The predicted octanol–water partition coefficient (Wildman–Crippen LogP) is 6.20. The number of rotatable bonds is 9. The number of carboxylic acids is 1. The van der Waals surface area contributed by atoms with Crippen molar-refractivity contribution in [1.82, 2.24) is 9.88 Å². The molecule has 3 atom stereocenters. The molecule has 6 heteroatoms. The number of benzene rings is 2. The zero-order valence-electron chi connectivity index (χ0n) is 20.4. The molecule has 1 N–H and O–H groups in total. The van der Waals surface area contributed by atoms with Gasteiger partial charge in [-0.05, 0) is 67.5 Å². The van der Waals surface area contributed by atoms with Gasteiger partial charge in [0.25, 0.3) is 0 Å². The largest absolute Gasteiger partial charge is 0.497 e. The molecular weight excluding hydrogens is 443 g/mol. The Kier molecular flexibility index (Phi) is 8.01. The number of hydrogen-bond acceptors (Lipinski definition) is 4. The van der Waals surface area contributed by atoms with Crippen molar-refractivity contribution in [2.45, 2.75) is 38.8 Å². The van der Waals surface area contributed by atoms with Crippen LogP contribution in [-0.4, -0.2) is 41.2 Å². The lowest BCUT2D eigenvalue weighted by Gasteiger charge is -2.39. The number of allylic oxidation sites excluding steroid dienone is 2. The fraction of sp³-hybridized carbons (Fsp3) is 0.379. The maximum Gasteiger partial charge on any atom is 0.308 e. The van der Waals surface area contributed by atoms with Crippen LogP contribution < -0.4 is 4.74 Å². The summed E-state index contributed by atoms with van der Waals surface area (Å²) in [7, 11) is 1.58. The number of piperidine rings is 1. The van der Waals surface area contributed by atoms with Crippen LogP contribution in [0, 0.1) is 11.8 Å². The highest BCUT2D eigenvalue weighted by Crippen LogP contribution is 2.36. The summed E-state index contributed by atoms with van der Waals surface area (Å²) in [5.74, 6) is -0.715. The summed E-state index contributed by atoms with van der Waals surface area (Å²) < 4.78 is 20.8. The normalized spacial score (nSPS) is 19.5. The summed E-state index contributed by atoms with van der Waals surface area (Å²) in [6, 6.07) is 17.4. The van der Waals surface area contributed by atoms with E-state index in [2.05, 4.69) is 28.1 Å². The average molecular weight is 477 g/mol. The van der Waals surface area contributed by atoms with Gasteiger partial charge in [0, 0.05) is 36.8 Å². The molecule has 0 amide bonds. The zero-order chi connectivity index (χ0) is 24.8. The van der Waals surface area contributed by atoms with Crippen LogP contribution in [0.15, 0.2) is 72.6 Å². The Labute approximate surface area is 206 Å². The molecule has 0 saturated carbocycles. The maximum absolute atomic E-state index is 15.5. The number of halogens is 1. The summed E-state index contributed by atoms with van der Waals surface area (Å²) in [6.07, 6.45) is 4.84. The first-order valence-electron chi connectivity index (χ1n) is 12.2. The van der Waals surface area contributed by atoms with E-state index in [1.165, 1.54) is 5.56 Å². The third-order valence-corrected chi connectivity index (χ3v) is 7.15. The van der Waals surface area contributed by atoms with Crippen LogP contribution in [0.2, 0.25) is 0 Å². The van der Waals surface area contributed by atoms with Gasteiger partial charge in [0.05, 0.1) is 18.5 Å². The Morgan fingerprint density at radius 3 is 2.77 bits per heavy atom. The van der Waals surface area contributed by atoms with Gasteiger partial charge in [-0.25, -0.2) is 4.39 Å². The van der Waals surface area contributed by atoms with Gasteiger partial charge >= 0.3 is 5.97 Å². The lowest BCUT2D eigenvalue weighted by atomic mass is 9.81. The minimum Gasteiger partial charge on any atom is -0.497 e. The number of pyridine rings is 1. The minimum atomic E-state index is -1.19. The Balaban J connectivity index is 1.43. The van der Waals surface area contributed by atoms with E-state index in [4.69, 9.17) is 4.74 Å². The molecule has 0 spiro atoms. The Bertz CT molecular complexity index is 1180. The second kappa shape index (κ2) is 11.3. The predicted molar refractivity (Wildman–Crippen MR) is 136 cm³/mol. The Hall–Kier alpha value is -3.41. The minimum absolute atomic E-state index is 0.0560. The van der Waals surface area contributed by atoms with E-state index in [1.54, 1.807) is 19.4 Å².